The Labute approximate surface area is 106 Å². The molecule has 0 saturated heterocycles. The Balaban J connectivity index is 4.22. The van der Waals surface area contributed by atoms with E-state index in [1.807, 2.05) is 13.8 Å². The van der Waals surface area contributed by atoms with E-state index in [-0.39, 0.29) is 22.6 Å². The maximum atomic E-state index is 9.90. The molecule has 0 heterocycles. The van der Waals surface area contributed by atoms with Crippen LogP contribution in [0.2, 0.25) is 0 Å². The summed E-state index contributed by atoms with van der Waals surface area (Å²) in [5.41, 5.74) is 0. The second-order valence-corrected chi connectivity index (χ2v) is 5.29. The summed E-state index contributed by atoms with van der Waals surface area (Å²) in [7, 11) is 0. The standard InChI is InChI=1S/C9H16Cl4O/c1-5(7(12)3-10)9(14)6(2)8(13)4-11/h5-9,14H,3-4H2,1-2H3. The quantitative estimate of drug-likeness (QED) is 0.741. The molecular formula is C9H16Cl4O. The number of aliphatic hydroxyl groups is 1. The highest BCUT2D eigenvalue weighted by Crippen LogP contribution is 2.25. The van der Waals surface area contributed by atoms with Crippen LogP contribution in [0.5, 0.6) is 0 Å². The summed E-state index contributed by atoms with van der Waals surface area (Å²) in [4.78, 5) is 0. The molecule has 0 radical (unpaired) electrons. The number of alkyl halides is 4. The first-order chi connectivity index (χ1) is 6.45. The number of hydrogen-bond acceptors (Lipinski definition) is 1. The molecule has 1 nitrogen and oxygen atoms in total. The number of halogens is 4. The molecule has 0 spiro atoms. The first-order valence-electron chi connectivity index (χ1n) is 4.53. The van der Waals surface area contributed by atoms with Gasteiger partial charge < -0.3 is 5.11 Å². The van der Waals surface area contributed by atoms with Crippen LogP contribution in [0.4, 0.5) is 0 Å². The van der Waals surface area contributed by atoms with Crippen molar-refractivity contribution in [2.45, 2.75) is 30.7 Å². The lowest BCUT2D eigenvalue weighted by molar-refractivity contribution is 0.0653. The van der Waals surface area contributed by atoms with Gasteiger partial charge in [0.2, 0.25) is 0 Å². The Bertz CT molecular complexity index is 140. The van der Waals surface area contributed by atoms with E-state index in [0.29, 0.717) is 11.8 Å². The van der Waals surface area contributed by atoms with Gasteiger partial charge in [-0.05, 0) is 11.8 Å². The SMILES string of the molecule is CC(C(Cl)CCl)C(O)C(C)C(Cl)CCl. The van der Waals surface area contributed by atoms with E-state index in [1.54, 1.807) is 0 Å². The molecule has 0 aromatic heterocycles. The van der Waals surface area contributed by atoms with E-state index in [1.165, 1.54) is 0 Å². The largest absolute Gasteiger partial charge is 0.392 e. The van der Waals surface area contributed by atoms with Gasteiger partial charge in [-0.15, -0.1) is 46.4 Å². The van der Waals surface area contributed by atoms with Gasteiger partial charge in [-0.25, -0.2) is 0 Å². The Hall–Kier alpha value is 1.12. The van der Waals surface area contributed by atoms with Crippen molar-refractivity contribution in [3.63, 3.8) is 0 Å². The van der Waals surface area contributed by atoms with Crippen LogP contribution >= 0.6 is 46.4 Å². The van der Waals surface area contributed by atoms with Crippen LogP contribution in [0.15, 0.2) is 0 Å². The van der Waals surface area contributed by atoms with Gasteiger partial charge in [0.25, 0.3) is 0 Å². The molecule has 4 atom stereocenters. The predicted molar refractivity (Wildman–Crippen MR) is 65.1 cm³/mol. The summed E-state index contributed by atoms with van der Waals surface area (Å²) in [5.74, 6) is 0.461. The molecule has 0 aromatic rings. The van der Waals surface area contributed by atoms with E-state index in [9.17, 15) is 5.11 Å². The lowest BCUT2D eigenvalue weighted by Gasteiger charge is -2.29. The Morgan fingerprint density at radius 1 is 0.929 bits per heavy atom. The molecule has 0 aliphatic carbocycles. The normalized spacial score (nSPS) is 22.5. The summed E-state index contributed by atoms with van der Waals surface area (Å²) in [6.45, 7) is 3.72. The third-order valence-electron chi connectivity index (χ3n) is 2.51. The minimum Gasteiger partial charge on any atom is -0.392 e. The molecule has 0 bridgehead atoms. The highest BCUT2D eigenvalue weighted by atomic mass is 35.5. The zero-order valence-electron chi connectivity index (χ0n) is 8.26. The van der Waals surface area contributed by atoms with E-state index >= 15 is 0 Å². The van der Waals surface area contributed by atoms with Crippen LogP contribution in [0, 0.1) is 11.8 Å². The van der Waals surface area contributed by atoms with Crippen molar-refractivity contribution in [2.24, 2.45) is 11.8 Å². The molecule has 0 aromatic carbocycles. The first-order valence-corrected chi connectivity index (χ1v) is 6.48. The van der Waals surface area contributed by atoms with Crippen molar-refractivity contribution in [1.82, 2.24) is 0 Å². The molecule has 4 unspecified atom stereocenters. The summed E-state index contributed by atoms with van der Waals surface area (Å²) >= 11 is 23.1. The molecule has 0 fully saturated rings. The molecular weight excluding hydrogens is 266 g/mol. The van der Waals surface area contributed by atoms with Crippen LogP contribution in [0.1, 0.15) is 13.8 Å². The fraction of sp³-hybridized carbons (Fsp3) is 1.00. The minimum absolute atomic E-state index is 0.0892. The second-order valence-electron chi connectivity index (χ2n) is 3.55. The maximum Gasteiger partial charge on any atom is 0.0620 e. The molecule has 0 saturated carbocycles. The minimum atomic E-state index is -0.572. The monoisotopic (exact) mass is 280 g/mol. The van der Waals surface area contributed by atoms with Crippen molar-refractivity contribution in [3.05, 3.63) is 0 Å². The zero-order valence-corrected chi connectivity index (χ0v) is 11.3. The fourth-order valence-electron chi connectivity index (χ4n) is 1.19. The van der Waals surface area contributed by atoms with Crippen LogP contribution in [0.3, 0.4) is 0 Å². The lowest BCUT2D eigenvalue weighted by atomic mass is 9.89. The molecule has 14 heavy (non-hydrogen) atoms. The third-order valence-corrected chi connectivity index (χ3v) is 4.60. The van der Waals surface area contributed by atoms with Gasteiger partial charge in [0.15, 0.2) is 0 Å². The van der Waals surface area contributed by atoms with E-state index < -0.39 is 6.10 Å². The molecule has 0 rings (SSSR count). The number of aliphatic hydroxyl groups excluding tert-OH is 1. The Kier molecular flexibility index (Phi) is 7.99. The van der Waals surface area contributed by atoms with Crippen molar-refractivity contribution in [3.8, 4) is 0 Å². The average Bonchev–Trinajstić information content (AvgIpc) is 2.23. The van der Waals surface area contributed by atoms with Crippen molar-refractivity contribution < 1.29 is 5.11 Å². The van der Waals surface area contributed by atoms with Crippen LogP contribution in [-0.2, 0) is 0 Å². The molecule has 1 N–H and O–H groups in total. The zero-order chi connectivity index (χ0) is 11.3. The van der Waals surface area contributed by atoms with Crippen LogP contribution in [0.25, 0.3) is 0 Å². The van der Waals surface area contributed by atoms with Crippen molar-refractivity contribution in [2.75, 3.05) is 11.8 Å². The van der Waals surface area contributed by atoms with Crippen LogP contribution in [-0.4, -0.2) is 33.7 Å². The van der Waals surface area contributed by atoms with Crippen molar-refractivity contribution in [1.29, 1.82) is 0 Å². The van der Waals surface area contributed by atoms with E-state index in [2.05, 4.69) is 0 Å². The summed E-state index contributed by atoms with van der Waals surface area (Å²) in [6.07, 6.45) is -0.572. The topological polar surface area (TPSA) is 20.2 Å². The van der Waals surface area contributed by atoms with Gasteiger partial charge in [-0.3, -0.25) is 0 Å². The summed E-state index contributed by atoms with van der Waals surface area (Å²) in [6, 6.07) is 0. The number of rotatable bonds is 6. The van der Waals surface area contributed by atoms with Gasteiger partial charge in [0.05, 0.1) is 16.9 Å². The third kappa shape index (κ3) is 4.32. The van der Waals surface area contributed by atoms with Gasteiger partial charge in [-0.2, -0.15) is 0 Å². The summed E-state index contributed by atoms with van der Waals surface area (Å²) < 4.78 is 0. The Morgan fingerprint density at radius 3 is 1.43 bits per heavy atom. The number of hydrogen-bond donors (Lipinski definition) is 1. The highest BCUT2D eigenvalue weighted by Gasteiger charge is 2.30. The summed E-state index contributed by atoms with van der Waals surface area (Å²) in [5, 5.41) is 9.42. The highest BCUT2D eigenvalue weighted by molar-refractivity contribution is 6.28. The molecule has 86 valence electrons. The molecule has 0 aliphatic rings. The smallest absolute Gasteiger partial charge is 0.0620 e. The fourth-order valence-corrected chi connectivity index (χ4v) is 2.05. The van der Waals surface area contributed by atoms with Gasteiger partial charge >= 0.3 is 0 Å². The lowest BCUT2D eigenvalue weighted by Crippen LogP contribution is -2.36. The van der Waals surface area contributed by atoms with Gasteiger partial charge in [0, 0.05) is 11.8 Å². The predicted octanol–water partition coefficient (Wildman–Crippen LogP) is 3.31. The molecule has 0 amide bonds. The van der Waals surface area contributed by atoms with Gasteiger partial charge in [-0.1, -0.05) is 13.8 Å². The molecule has 5 heteroatoms. The maximum absolute atomic E-state index is 9.90. The van der Waals surface area contributed by atoms with Crippen LogP contribution < -0.4 is 0 Å². The van der Waals surface area contributed by atoms with Crippen molar-refractivity contribution >= 4 is 46.4 Å². The molecule has 0 aliphatic heterocycles. The van der Waals surface area contributed by atoms with E-state index in [4.69, 9.17) is 46.4 Å². The van der Waals surface area contributed by atoms with Gasteiger partial charge in [0.1, 0.15) is 0 Å². The Morgan fingerprint density at radius 2 is 1.21 bits per heavy atom. The average molecular weight is 282 g/mol. The first kappa shape index (κ1) is 15.1. The second kappa shape index (κ2) is 7.40. The van der Waals surface area contributed by atoms with E-state index in [0.717, 1.165) is 0 Å².